The van der Waals surface area contributed by atoms with Gasteiger partial charge in [-0.2, -0.15) is 0 Å². The van der Waals surface area contributed by atoms with E-state index in [1.807, 2.05) is 13.0 Å². The van der Waals surface area contributed by atoms with Gasteiger partial charge in [-0.15, -0.1) is 0 Å². The van der Waals surface area contributed by atoms with E-state index in [9.17, 15) is 9.59 Å². The highest BCUT2D eigenvalue weighted by molar-refractivity contribution is 5.81. The van der Waals surface area contributed by atoms with E-state index in [4.69, 9.17) is 5.11 Å². The van der Waals surface area contributed by atoms with Crippen molar-refractivity contribution in [2.24, 2.45) is 7.05 Å². The summed E-state index contributed by atoms with van der Waals surface area (Å²) < 4.78 is 1.29. The van der Waals surface area contributed by atoms with Gasteiger partial charge in [-0.3, -0.25) is 14.2 Å². The first-order valence-corrected chi connectivity index (χ1v) is 5.17. The zero-order valence-electron chi connectivity index (χ0n) is 9.60. The van der Waals surface area contributed by atoms with Gasteiger partial charge in [0.2, 0.25) is 0 Å². The number of aromatic nitrogens is 2. The maximum Gasteiger partial charge on any atom is 0.311 e. The number of nitrogens with zero attached hydrogens (tertiary/aromatic N) is 2. The first kappa shape index (κ1) is 11.3. The Morgan fingerprint density at radius 1 is 1.47 bits per heavy atom. The van der Waals surface area contributed by atoms with E-state index >= 15 is 0 Å². The molecule has 5 nitrogen and oxygen atoms in total. The van der Waals surface area contributed by atoms with Crippen LogP contribution in [0.1, 0.15) is 11.4 Å². The van der Waals surface area contributed by atoms with Crippen molar-refractivity contribution in [3.05, 3.63) is 39.9 Å². The highest BCUT2D eigenvalue weighted by atomic mass is 16.4. The zero-order valence-corrected chi connectivity index (χ0v) is 9.60. The van der Waals surface area contributed by atoms with E-state index < -0.39 is 5.97 Å². The lowest BCUT2D eigenvalue weighted by atomic mass is 10.1. The van der Waals surface area contributed by atoms with Gasteiger partial charge >= 0.3 is 5.97 Å². The molecule has 0 aliphatic carbocycles. The Labute approximate surface area is 97.3 Å². The Bertz CT molecular complexity index is 659. The summed E-state index contributed by atoms with van der Waals surface area (Å²) in [7, 11) is 1.54. The fourth-order valence-electron chi connectivity index (χ4n) is 1.78. The number of carboxylic acids is 1. The Morgan fingerprint density at radius 3 is 2.82 bits per heavy atom. The maximum absolute atomic E-state index is 12.0. The number of aryl methyl sites for hydroxylation is 1. The summed E-state index contributed by atoms with van der Waals surface area (Å²) in [4.78, 5) is 27.0. The van der Waals surface area contributed by atoms with Crippen molar-refractivity contribution in [2.45, 2.75) is 13.3 Å². The fraction of sp³-hybridized carbons (Fsp3) is 0.250. The molecule has 0 aliphatic rings. The van der Waals surface area contributed by atoms with Crippen LogP contribution < -0.4 is 5.56 Å². The molecule has 17 heavy (non-hydrogen) atoms. The normalized spacial score (nSPS) is 10.7. The van der Waals surface area contributed by atoms with Crippen molar-refractivity contribution in [3.63, 3.8) is 0 Å². The second kappa shape index (κ2) is 4.01. The smallest absolute Gasteiger partial charge is 0.311 e. The maximum atomic E-state index is 12.0. The fourth-order valence-corrected chi connectivity index (χ4v) is 1.78. The first-order chi connectivity index (χ1) is 8.00. The molecular weight excluding hydrogens is 220 g/mol. The Balaban J connectivity index is 2.81. The highest BCUT2D eigenvalue weighted by Crippen LogP contribution is 2.12. The molecule has 0 unspecified atom stereocenters. The molecule has 0 radical (unpaired) electrons. The number of benzene rings is 1. The van der Waals surface area contributed by atoms with Gasteiger partial charge in [-0.05, 0) is 18.6 Å². The van der Waals surface area contributed by atoms with Crippen molar-refractivity contribution in [1.29, 1.82) is 0 Å². The van der Waals surface area contributed by atoms with E-state index in [1.54, 1.807) is 12.1 Å². The van der Waals surface area contributed by atoms with E-state index in [2.05, 4.69) is 4.98 Å². The third-order valence-electron chi connectivity index (χ3n) is 2.71. The van der Waals surface area contributed by atoms with Crippen molar-refractivity contribution in [1.82, 2.24) is 9.55 Å². The third-order valence-corrected chi connectivity index (χ3v) is 2.71. The van der Waals surface area contributed by atoms with Crippen molar-refractivity contribution >= 4 is 16.9 Å². The molecule has 1 aromatic carbocycles. The van der Waals surface area contributed by atoms with Crippen LogP contribution >= 0.6 is 0 Å². The van der Waals surface area contributed by atoms with Crippen LogP contribution in [0.4, 0.5) is 0 Å². The SMILES string of the molecule is Cc1cccc2c(=O)n(C)c(CC(=O)O)nc12. The van der Waals surface area contributed by atoms with Crippen LogP contribution in [0.3, 0.4) is 0 Å². The highest BCUT2D eigenvalue weighted by Gasteiger charge is 2.11. The van der Waals surface area contributed by atoms with Crippen molar-refractivity contribution in [2.75, 3.05) is 0 Å². The minimum atomic E-state index is -1.000. The molecular formula is C12H12N2O3. The lowest BCUT2D eigenvalue weighted by Crippen LogP contribution is -2.24. The quantitative estimate of drug-likeness (QED) is 0.833. The molecule has 0 fully saturated rings. The summed E-state index contributed by atoms with van der Waals surface area (Å²) in [6.45, 7) is 1.85. The lowest BCUT2D eigenvalue weighted by molar-refractivity contribution is -0.136. The van der Waals surface area contributed by atoms with Crippen LogP contribution in [0.25, 0.3) is 10.9 Å². The van der Waals surface area contributed by atoms with E-state index in [-0.39, 0.29) is 17.8 Å². The molecule has 2 aromatic rings. The van der Waals surface area contributed by atoms with E-state index in [0.29, 0.717) is 10.9 Å². The van der Waals surface area contributed by atoms with Crippen LogP contribution in [0.15, 0.2) is 23.0 Å². The number of aliphatic carboxylic acids is 1. The molecule has 5 heteroatoms. The number of hydrogen-bond donors (Lipinski definition) is 1. The molecule has 0 spiro atoms. The first-order valence-electron chi connectivity index (χ1n) is 5.17. The van der Waals surface area contributed by atoms with E-state index in [0.717, 1.165) is 5.56 Å². The molecule has 1 heterocycles. The monoisotopic (exact) mass is 232 g/mol. The predicted octanol–water partition coefficient (Wildman–Crippen LogP) is 0.869. The molecule has 0 atom stereocenters. The van der Waals surface area contributed by atoms with Gasteiger partial charge < -0.3 is 5.11 Å². The largest absolute Gasteiger partial charge is 0.481 e. The number of hydrogen-bond acceptors (Lipinski definition) is 3. The second-order valence-corrected chi connectivity index (χ2v) is 3.93. The number of para-hydroxylation sites is 1. The summed E-state index contributed by atoms with van der Waals surface area (Å²) in [6.07, 6.45) is -0.254. The molecule has 0 bridgehead atoms. The zero-order chi connectivity index (χ0) is 12.6. The molecule has 1 N–H and O–H groups in total. The Morgan fingerprint density at radius 2 is 2.18 bits per heavy atom. The summed E-state index contributed by atoms with van der Waals surface area (Å²) in [6, 6.07) is 5.33. The van der Waals surface area contributed by atoms with Crippen molar-refractivity contribution in [3.8, 4) is 0 Å². The molecule has 0 saturated heterocycles. The van der Waals surface area contributed by atoms with Crippen LogP contribution in [-0.2, 0) is 18.3 Å². The lowest BCUT2D eigenvalue weighted by Gasteiger charge is -2.08. The standard InChI is InChI=1S/C12H12N2O3/c1-7-4-3-5-8-11(7)13-9(6-10(15)16)14(2)12(8)17/h3-5H,6H2,1-2H3,(H,15,16). The number of rotatable bonds is 2. The molecule has 1 aromatic heterocycles. The van der Waals surface area contributed by atoms with E-state index in [1.165, 1.54) is 11.6 Å². The Kier molecular flexibility index (Phi) is 2.67. The number of carbonyl (C=O) groups is 1. The van der Waals surface area contributed by atoms with Gasteiger partial charge in [0, 0.05) is 7.05 Å². The average Bonchev–Trinajstić information content (AvgIpc) is 2.26. The van der Waals surface area contributed by atoms with Gasteiger partial charge in [0.1, 0.15) is 12.2 Å². The molecule has 2 rings (SSSR count). The molecule has 0 aliphatic heterocycles. The van der Waals surface area contributed by atoms with Crippen LogP contribution in [0.5, 0.6) is 0 Å². The summed E-state index contributed by atoms with van der Waals surface area (Å²) in [5.74, 6) is -0.732. The van der Waals surface area contributed by atoms with Gasteiger partial charge in [-0.25, -0.2) is 4.98 Å². The second-order valence-electron chi connectivity index (χ2n) is 3.93. The predicted molar refractivity (Wildman–Crippen MR) is 63.1 cm³/mol. The average molecular weight is 232 g/mol. The minimum absolute atomic E-state index is 0.213. The van der Waals surface area contributed by atoms with Gasteiger partial charge in [0.25, 0.3) is 5.56 Å². The summed E-state index contributed by atoms with van der Waals surface area (Å²) >= 11 is 0. The number of carboxylic acid groups (broad SMARTS) is 1. The topological polar surface area (TPSA) is 72.2 Å². The minimum Gasteiger partial charge on any atom is -0.481 e. The number of fused-ring (bicyclic) bond motifs is 1. The van der Waals surface area contributed by atoms with Gasteiger partial charge in [-0.1, -0.05) is 12.1 Å². The summed E-state index contributed by atoms with van der Waals surface area (Å²) in [5.41, 5.74) is 1.23. The van der Waals surface area contributed by atoms with Crippen LogP contribution in [0, 0.1) is 6.92 Å². The van der Waals surface area contributed by atoms with Crippen LogP contribution in [0.2, 0.25) is 0 Å². The molecule has 0 saturated carbocycles. The molecule has 0 amide bonds. The summed E-state index contributed by atoms with van der Waals surface area (Å²) in [5, 5.41) is 9.28. The molecule has 88 valence electrons. The Hall–Kier alpha value is -2.17. The van der Waals surface area contributed by atoms with Crippen molar-refractivity contribution < 1.29 is 9.90 Å². The van der Waals surface area contributed by atoms with Gasteiger partial charge in [0.05, 0.1) is 10.9 Å². The third kappa shape index (κ3) is 1.91. The van der Waals surface area contributed by atoms with Gasteiger partial charge in [0.15, 0.2) is 0 Å². The van der Waals surface area contributed by atoms with Crippen LogP contribution in [-0.4, -0.2) is 20.6 Å².